The number of nitrogens with one attached hydrogen (secondary N) is 1. The number of carbonyl (C=O) groups excluding carboxylic acids is 1. The van der Waals surface area contributed by atoms with Crippen LogP contribution in [0.4, 0.5) is 5.69 Å². The van der Waals surface area contributed by atoms with Gasteiger partial charge in [-0.3, -0.25) is 4.79 Å². The normalized spacial score (nSPS) is 17.0. The van der Waals surface area contributed by atoms with E-state index in [1.807, 2.05) is 55.6 Å². The van der Waals surface area contributed by atoms with Crippen LogP contribution in [0.15, 0.2) is 54.6 Å². The van der Waals surface area contributed by atoms with Crippen molar-refractivity contribution in [2.45, 2.75) is 19.1 Å². The second kappa shape index (κ2) is 7.25. The first-order valence-electron chi connectivity index (χ1n) is 8.09. The molecule has 0 unspecified atom stereocenters. The molecule has 5 nitrogen and oxygen atoms in total. The molecule has 0 spiro atoms. The van der Waals surface area contributed by atoms with Crippen molar-refractivity contribution < 1.29 is 14.3 Å². The highest BCUT2D eigenvalue weighted by Gasteiger charge is 2.27. The number of ether oxygens (including phenoxy) is 2. The molecule has 0 saturated heterocycles. The highest BCUT2D eigenvalue weighted by Crippen LogP contribution is 2.30. The third-order valence-electron chi connectivity index (χ3n) is 4.20. The van der Waals surface area contributed by atoms with Crippen LogP contribution in [0.1, 0.15) is 6.92 Å². The number of amides is 1. The number of rotatable bonds is 5. The van der Waals surface area contributed by atoms with E-state index < -0.39 is 6.10 Å². The number of anilines is 1. The van der Waals surface area contributed by atoms with Crippen molar-refractivity contribution in [1.29, 1.82) is 0 Å². The van der Waals surface area contributed by atoms with Crippen LogP contribution in [0.2, 0.25) is 0 Å². The average Bonchev–Trinajstić information content (AvgIpc) is 2.65. The lowest BCUT2D eigenvalue weighted by molar-refractivity contribution is -0.130. The average molecular weight is 326 g/mol. The molecule has 3 rings (SSSR count). The van der Waals surface area contributed by atoms with Gasteiger partial charge in [-0.15, -0.1) is 0 Å². The van der Waals surface area contributed by atoms with Crippen molar-refractivity contribution in [3.63, 3.8) is 0 Å². The topological polar surface area (TPSA) is 50.8 Å². The molecule has 1 aliphatic heterocycles. The van der Waals surface area contributed by atoms with Crippen LogP contribution in [-0.2, 0) is 4.79 Å². The van der Waals surface area contributed by atoms with E-state index in [9.17, 15) is 4.79 Å². The molecule has 2 aromatic rings. The summed E-state index contributed by atoms with van der Waals surface area (Å²) in [6, 6.07) is 17.6. The molecule has 126 valence electrons. The second-order valence-corrected chi connectivity index (χ2v) is 5.90. The number of para-hydroxylation sites is 3. The summed E-state index contributed by atoms with van der Waals surface area (Å²) < 4.78 is 11.3. The summed E-state index contributed by atoms with van der Waals surface area (Å²) >= 11 is 0. The first-order chi connectivity index (χ1) is 11.6. The van der Waals surface area contributed by atoms with Gasteiger partial charge in [0.05, 0.1) is 0 Å². The summed E-state index contributed by atoms with van der Waals surface area (Å²) in [5, 5.41) is 2.95. The van der Waals surface area contributed by atoms with Crippen LogP contribution in [0, 0.1) is 0 Å². The van der Waals surface area contributed by atoms with Crippen molar-refractivity contribution in [3.05, 3.63) is 54.6 Å². The minimum Gasteiger partial charge on any atom is -0.485 e. The molecule has 0 bridgehead atoms. The van der Waals surface area contributed by atoms with Gasteiger partial charge >= 0.3 is 0 Å². The van der Waals surface area contributed by atoms with Crippen molar-refractivity contribution in [2.24, 2.45) is 0 Å². The summed E-state index contributed by atoms with van der Waals surface area (Å²) in [6.07, 6.45) is -0.617. The summed E-state index contributed by atoms with van der Waals surface area (Å²) in [6.45, 7) is 2.83. The molecular formula is C19H22N2O3. The molecule has 2 aromatic carbocycles. The predicted octanol–water partition coefficient (Wildman–Crippen LogP) is 2.47. The standard InChI is InChI=1S/C19H22N2O3/c1-14(21(2)15-8-4-3-5-9-15)12-20-19(22)18-13-23-16-10-6-7-11-17(16)24-18/h3-11,14,18H,12-13H2,1-2H3,(H,20,22)/t14-,18+/m0/s1. The van der Waals surface area contributed by atoms with Gasteiger partial charge in [-0.1, -0.05) is 30.3 Å². The van der Waals surface area contributed by atoms with Crippen LogP contribution in [0.5, 0.6) is 11.5 Å². The number of hydrogen-bond donors (Lipinski definition) is 1. The van der Waals surface area contributed by atoms with Gasteiger partial charge in [0, 0.05) is 25.3 Å². The smallest absolute Gasteiger partial charge is 0.264 e. The molecule has 0 radical (unpaired) electrons. The third-order valence-corrected chi connectivity index (χ3v) is 4.20. The van der Waals surface area contributed by atoms with Gasteiger partial charge in [0.1, 0.15) is 6.61 Å². The largest absolute Gasteiger partial charge is 0.485 e. The molecule has 2 atom stereocenters. The highest BCUT2D eigenvalue weighted by atomic mass is 16.6. The number of hydrogen-bond acceptors (Lipinski definition) is 4. The van der Waals surface area contributed by atoms with Crippen molar-refractivity contribution in [1.82, 2.24) is 5.32 Å². The first kappa shape index (κ1) is 16.2. The van der Waals surface area contributed by atoms with Gasteiger partial charge < -0.3 is 19.7 Å². The Hall–Kier alpha value is -2.69. The molecule has 0 saturated carbocycles. The van der Waals surface area contributed by atoms with Gasteiger partial charge in [-0.25, -0.2) is 0 Å². The molecule has 0 aliphatic carbocycles. The molecule has 0 fully saturated rings. The van der Waals surface area contributed by atoms with Gasteiger partial charge in [-0.2, -0.15) is 0 Å². The molecule has 5 heteroatoms. The maximum atomic E-state index is 12.3. The number of benzene rings is 2. The Morgan fingerprint density at radius 2 is 1.83 bits per heavy atom. The summed E-state index contributed by atoms with van der Waals surface area (Å²) in [7, 11) is 2.02. The van der Waals surface area contributed by atoms with E-state index in [1.54, 1.807) is 6.07 Å². The summed E-state index contributed by atoms with van der Waals surface area (Å²) in [5.41, 5.74) is 1.12. The SMILES string of the molecule is C[C@@H](CNC(=O)[C@H]1COc2ccccc2O1)N(C)c1ccccc1. The minimum absolute atomic E-state index is 0.155. The summed E-state index contributed by atoms with van der Waals surface area (Å²) in [4.78, 5) is 14.5. The van der Waals surface area contributed by atoms with Gasteiger partial charge in [0.15, 0.2) is 11.5 Å². The van der Waals surface area contributed by atoms with Crippen molar-refractivity contribution >= 4 is 11.6 Å². The third kappa shape index (κ3) is 3.62. The zero-order valence-corrected chi connectivity index (χ0v) is 13.9. The van der Waals surface area contributed by atoms with Crippen molar-refractivity contribution in [3.8, 4) is 11.5 Å². The second-order valence-electron chi connectivity index (χ2n) is 5.90. The molecule has 24 heavy (non-hydrogen) atoms. The van der Waals surface area contributed by atoms with Crippen LogP contribution >= 0.6 is 0 Å². The zero-order chi connectivity index (χ0) is 16.9. The fourth-order valence-corrected chi connectivity index (χ4v) is 2.57. The molecule has 1 aliphatic rings. The minimum atomic E-state index is -0.617. The summed E-state index contributed by atoms with van der Waals surface area (Å²) in [5.74, 6) is 1.13. The van der Waals surface area contributed by atoms with E-state index in [0.717, 1.165) is 5.69 Å². The maximum Gasteiger partial charge on any atom is 0.264 e. The van der Waals surface area contributed by atoms with Gasteiger partial charge in [0.25, 0.3) is 5.91 Å². The molecular weight excluding hydrogens is 304 g/mol. The van der Waals surface area contributed by atoms with Crippen molar-refractivity contribution in [2.75, 3.05) is 25.1 Å². The van der Waals surface area contributed by atoms with Crippen LogP contribution in [0.3, 0.4) is 0 Å². The Morgan fingerprint density at radius 3 is 2.58 bits per heavy atom. The molecule has 1 N–H and O–H groups in total. The number of carbonyl (C=O) groups is 1. The lowest BCUT2D eigenvalue weighted by Crippen LogP contribution is -2.48. The Kier molecular flexibility index (Phi) is 4.89. The Balaban J connectivity index is 1.53. The van der Waals surface area contributed by atoms with Crippen LogP contribution in [-0.4, -0.2) is 38.3 Å². The Morgan fingerprint density at radius 1 is 1.17 bits per heavy atom. The number of nitrogens with zero attached hydrogens (tertiary/aromatic N) is 1. The zero-order valence-electron chi connectivity index (χ0n) is 13.9. The quantitative estimate of drug-likeness (QED) is 0.917. The lowest BCUT2D eigenvalue weighted by Gasteiger charge is -2.29. The molecule has 0 aromatic heterocycles. The fraction of sp³-hybridized carbons (Fsp3) is 0.316. The fourth-order valence-electron chi connectivity index (χ4n) is 2.57. The van der Waals surface area contributed by atoms with Crippen LogP contribution < -0.4 is 19.7 Å². The molecule has 1 heterocycles. The van der Waals surface area contributed by atoms with E-state index >= 15 is 0 Å². The molecule has 1 amide bonds. The van der Waals surface area contributed by atoms with E-state index in [-0.39, 0.29) is 18.6 Å². The predicted molar refractivity (Wildman–Crippen MR) is 93.7 cm³/mol. The number of likely N-dealkylation sites (N-methyl/N-ethyl adjacent to an activating group) is 1. The Labute approximate surface area is 142 Å². The van der Waals surface area contributed by atoms with Gasteiger partial charge in [0.2, 0.25) is 6.10 Å². The Bertz CT molecular complexity index is 690. The first-order valence-corrected chi connectivity index (χ1v) is 8.09. The highest BCUT2D eigenvalue weighted by molar-refractivity contribution is 5.81. The van der Waals surface area contributed by atoms with E-state index in [0.29, 0.717) is 18.0 Å². The number of fused-ring (bicyclic) bond motifs is 1. The van der Waals surface area contributed by atoms with Gasteiger partial charge in [-0.05, 0) is 31.2 Å². The van der Waals surface area contributed by atoms with E-state index in [1.165, 1.54) is 0 Å². The van der Waals surface area contributed by atoms with Crippen LogP contribution in [0.25, 0.3) is 0 Å². The van der Waals surface area contributed by atoms with E-state index in [4.69, 9.17) is 9.47 Å². The maximum absolute atomic E-state index is 12.3. The van der Waals surface area contributed by atoms with E-state index in [2.05, 4.69) is 17.1 Å². The monoisotopic (exact) mass is 326 g/mol. The lowest BCUT2D eigenvalue weighted by atomic mass is 10.2.